The molecule has 3 nitrogen and oxygen atoms in total. The first-order valence-corrected chi connectivity index (χ1v) is 4.70. The maximum atomic E-state index is 13.3. The number of hydrogen-bond donors (Lipinski definition) is 1. The van der Waals surface area contributed by atoms with Gasteiger partial charge in [0.1, 0.15) is 0 Å². The summed E-state index contributed by atoms with van der Waals surface area (Å²) in [6, 6.07) is 3.19. The van der Waals surface area contributed by atoms with Crippen molar-refractivity contribution in [3.8, 4) is 0 Å². The van der Waals surface area contributed by atoms with Gasteiger partial charge in [0, 0.05) is 19.3 Å². The van der Waals surface area contributed by atoms with Crippen LogP contribution in [0.3, 0.4) is 0 Å². The van der Waals surface area contributed by atoms with E-state index in [9.17, 15) is 4.39 Å². The fourth-order valence-corrected chi connectivity index (χ4v) is 1.28. The molecule has 14 heavy (non-hydrogen) atoms. The van der Waals surface area contributed by atoms with Gasteiger partial charge in [-0.1, -0.05) is 0 Å². The van der Waals surface area contributed by atoms with Crippen LogP contribution in [0.4, 0.5) is 10.2 Å². The van der Waals surface area contributed by atoms with E-state index in [4.69, 9.17) is 5.73 Å². The summed E-state index contributed by atoms with van der Waals surface area (Å²) in [4.78, 5) is 5.80. The highest BCUT2D eigenvalue weighted by molar-refractivity contribution is 5.39. The molecule has 0 radical (unpaired) electrons. The first-order chi connectivity index (χ1) is 6.66. The van der Waals surface area contributed by atoms with Gasteiger partial charge in [-0.3, -0.25) is 0 Å². The van der Waals surface area contributed by atoms with Gasteiger partial charge < -0.3 is 10.6 Å². The predicted molar refractivity (Wildman–Crippen MR) is 55.7 cm³/mol. The molecule has 0 saturated heterocycles. The number of anilines is 1. The minimum atomic E-state index is -0.293. The van der Waals surface area contributed by atoms with Crippen molar-refractivity contribution in [2.45, 2.75) is 19.4 Å². The molecular weight excluding hydrogens is 181 g/mol. The molecule has 0 aliphatic heterocycles. The first kappa shape index (κ1) is 10.9. The summed E-state index contributed by atoms with van der Waals surface area (Å²) in [5, 5.41) is 0. The number of aromatic nitrogens is 1. The Hall–Kier alpha value is -1.16. The highest BCUT2D eigenvalue weighted by Crippen LogP contribution is 2.16. The van der Waals surface area contributed by atoms with Crippen LogP contribution in [0.2, 0.25) is 0 Å². The summed E-state index contributed by atoms with van der Waals surface area (Å²) >= 11 is 0. The van der Waals surface area contributed by atoms with Crippen LogP contribution in [0.1, 0.15) is 13.3 Å². The Bertz CT molecular complexity index is 290. The topological polar surface area (TPSA) is 42.1 Å². The van der Waals surface area contributed by atoms with E-state index >= 15 is 0 Å². The van der Waals surface area contributed by atoms with E-state index in [1.165, 1.54) is 6.07 Å². The molecule has 1 atom stereocenters. The number of hydrogen-bond acceptors (Lipinski definition) is 3. The van der Waals surface area contributed by atoms with E-state index < -0.39 is 0 Å². The van der Waals surface area contributed by atoms with Crippen LogP contribution in [-0.2, 0) is 0 Å². The van der Waals surface area contributed by atoms with Crippen LogP contribution in [0, 0.1) is 5.82 Å². The maximum Gasteiger partial charge on any atom is 0.165 e. The lowest BCUT2D eigenvalue weighted by Crippen LogP contribution is -2.32. The SMILES string of the molecule is CC(CCN)N(C)c1ncccc1F. The Kier molecular flexibility index (Phi) is 3.83. The smallest absolute Gasteiger partial charge is 0.165 e. The van der Waals surface area contributed by atoms with Crippen molar-refractivity contribution in [2.24, 2.45) is 5.73 Å². The van der Waals surface area contributed by atoms with Crippen molar-refractivity contribution in [1.29, 1.82) is 0 Å². The second-order valence-corrected chi connectivity index (χ2v) is 3.35. The zero-order valence-electron chi connectivity index (χ0n) is 8.57. The summed E-state index contributed by atoms with van der Waals surface area (Å²) < 4.78 is 13.3. The molecule has 0 bridgehead atoms. The summed E-state index contributed by atoms with van der Waals surface area (Å²) in [5.41, 5.74) is 5.44. The normalized spacial score (nSPS) is 12.6. The van der Waals surface area contributed by atoms with Gasteiger partial charge in [-0.25, -0.2) is 9.37 Å². The quantitative estimate of drug-likeness (QED) is 0.793. The second-order valence-electron chi connectivity index (χ2n) is 3.35. The molecule has 4 heteroatoms. The zero-order valence-corrected chi connectivity index (χ0v) is 8.57. The van der Waals surface area contributed by atoms with Gasteiger partial charge in [0.15, 0.2) is 11.6 Å². The van der Waals surface area contributed by atoms with E-state index in [0.29, 0.717) is 12.4 Å². The van der Waals surface area contributed by atoms with E-state index in [1.807, 2.05) is 18.9 Å². The third-order valence-electron chi connectivity index (χ3n) is 2.32. The Morgan fingerprint density at radius 2 is 2.36 bits per heavy atom. The molecule has 1 unspecified atom stereocenters. The highest BCUT2D eigenvalue weighted by atomic mass is 19.1. The standard InChI is InChI=1S/C10H16FN3/c1-8(5-6-12)14(2)10-9(11)4-3-7-13-10/h3-4,7-8H,5-6,12H2,1-2H3. The van der Waals surface area contributed by atoms with Gasteiger partial charge in [-0.2, -0.15) is 0 Å². The molecule has 78 valence electrons. The Morgan fingerprint density at radius 1 is 1.64 bits per heavy atom. The molecule has 0 aromatic carbocycles. The lowest BCUT2D eigenvalue weighted by molar-refractivity contribution is 0.581. The van der Waals surface area contributed by atoms with Gasteiger partial charge >= 0.3 is 0 Å². The lowest BCUT2D eigenvalue weighted by atomic mass is 10.2. The van der Waals surface area contributed by atoms with Gasteiger partial charge in [-0.15, -0.1) is 0 Å². The van der Waals surface area contributed by atoms with Crippen LogP contribution >= 0.6 is 0 Å². The van der Waals surface area contributed by atoms with Crippen LogP contribution in [0.25, 0.3) is 0 Å². The Labute approximate surface area is 83.7 Å². The number of pyridine rings is 1. The van der Waals surface area contributed by atoms with E-state index in [1.54, 1.807) is 12.3 Å². The Morgan fingerprint density at radius 3 is 2.93 bits per heavy atom. The Balaban J connectivity index is 2.78. The number of rotatable bonds is 4. The van der Waals surface area contributed by atoms with Crippen molar-refractivity contribution in [3.05, 3.63) is 24.1 Å². The van der Waals surface area contributed by atoms with Gasteiger partial charge in [0.25, 0.3) is 0 Å². The average molecular weight is 197 g/mol. The van der Waals surface area contributed by atoms with Gasteiger partial charge in [-0.05, 0) is 32.0 Å². The largest absolute Gasteiger partial charge is 0.354 e. The van der Waals surface area contributed by atoms with Crippen molar-refractivity contribution < 1.29 is 4.39 Å². The lowest BCUT2D eigenvalue weighted by Gasteiger charge is -2.25. The summed E-state index contributed by atoms with van der Waals surface area (Å²) in [6.07, 6.45) is 2.41. The summed E-state index contributed by atoms with van der Waals surface area (Å²) in [7, 11) is 1.83. The third-order valence-corrected chi connectivity index (χ3v) is 2.32. The third kappa shape index (κ3) is 2.42. The fraction of sp³-hybridized carbons (Fsp3) is 0.500. The zero-order chi connectivity index (χ0) is 10.6. The molecule has 0 fully saturated rings. The molecule has 1 aromatic rings. The molecule has 2 N–H and O–H groups in total. The van der Waals surface area contributed by atoms with Crippen LogP contribution in [0.15, 0.2) is 18.3 Å². The minimum Gasteiger partial charge on any atom is -0.354 e. The van der Waals surface area contributed by atoms with E-state index in [-0.39, 0.29) is 11.9 Å². The molecule has 0 spiro atoms. The molecule has 0 aliphatic rings. The minimum absolute atomic E-state index is 0.199. The van der Waals surface area contributed by atoms with Gasteiger partial charge in [0.2, 0.25) is 0 Å². The van der Waals surface area contributed by atoms with Crippen LogP contribution in [0.5, 0.6) is 0 Å². The number of halogens is 1. The summed E-state index contributed by atoms with van der Waals surface area (Å²) in [6.45, 7) is 2.60. The van der Waals surface area contributed by atoms with Crippen molar-refractivity contribution in [2.75, 3.05) is 18.5 Å². The molecule has 1 aromatic heterocycles. The van der Waals surface area contributed by atoms with E-state index in [2.05, 4.69) is 4.98 Å². The van der Waals surface area contributed by atoms with Crippen molar-refractivity contribution >= 4 is 5.82 Å². The molecule has 0 aliphatic carbocycles. The molecule has 0 amide bonds. The molecular formula is C10H16FN3. The first-order valence-electron chi connectivity index (χ1n) is 4.70. The predicted octanol–water partition coefficient (Wildman–Crippen LogP) is 1.39. The highest BCUT2D eigenvalue weighted by Gasteiger charge is 2.13. The molecule has 1 rings (SSSR count). The number of nitrogens with two attached hydrogens (primary N) is 1. The average Bonchev–Trinajstić information content (AvgIpc) is 2.18. The second kappa shape index (κ2) is 4.91. The maximum absolute atomic E-state index is 13.3. The summed E-state index contributed by atoms with van der Waals surface area (Å²) in [5.74, 6) is 0.0901. The molecule has 0 saturated carbocycles. The van der Waals surface area contributed by atoms with Crippen LogP contribution in [-0.4, -0.2) is 24.6 Å². The monoisotopic (exact) mass is 197 g/mol. The van der Waals surface area contributed by atoms with Crippen LogP contribution < -0.4 is 10.6 Å². The fourth-order valence-electron chi connectivity index (χ4n) is 1.28. The molecule has 1 heterocycles. The van der Waals surface area contributed by atoms with Gasteiger partial charge in [0.05, 0.1) is 0 Å². The van der Waals surface area contributed by atoms with Crippen molar-refractivity contribution in [3.63, 3.8) is 0 Å². The van der Waals surface area contributed by atoms with E-state index in [0.717, 1.165) is 6.42 Å². The number of nitrogens with zero attached hydrogens (tertiary/aromatic N) is 2. The van der Waals surface area contributed by atoms with Crippen molar-refractivity contribution in [1.82, 2.24) is 4.98 Å².